The number of amides is 1. The summed E-state index contributed by atoms with van der Waals surface area (Å²) in [4.78, 5) is 13.4. The van der Waals surface area contributed by atoms with Crippen LogP contribution >= 0.6 is 0 Å². The number of likely N-dealkylation sites (tertiary alicyclic amines) is 1. The Morgan fingerprint density at radius 1 is 1.38 bits per heavy atom. The molecule has 1 N–H and O–H groups in total. The number of carbonyl (C=O) groups excluding carboxylic acids is 1. The van der Waals surface area contributed by atoms with E-state index in [2.05, 4.69) is 24.1 Å². The van der Waals surface area contributed by atoms with Crippen molar-refractivity contribution in [3.8, 4) is 0 Å². The van der Waals surface area contributed by atoms with E-state index < -0.39 is 0 Å². The number of hydrogen-bond donors (Lipinski definition) is 1. The molecule has 3 nitrogen and oxygen atoms in total. The topological polar surface area (TPSA) is 32.3 Å². The van der Waals surface area contributed by atoms with Gasteiger partial charge in [-0.15, -0.1) is 0 Å². The van der Waals surface area contributed by atoms with Crippen LogP contribution in [0.15, 0.2) is 0 Å². The maximum absolute atomic E-state index is 11.1. The van der Waals surface area contributed by atoms with Crippen molar-refractivity contribution in [2.45, 2.75) is 20.3 Å². The second kappa shape index (κ2) is 4.61. The molecule has 2 atom stereocenters. The molecule has 13 heavy (non-hydrogen) atoms. The quantitative estimate of drug-likeness (QED) is 0.685. The lowest BCUT2D eigenvalue weighted by molar-refractivity contribution is -0.122. The van der Waals surface area contributed by atoms with Crippen LogP contribution in [-0.2, 0) is 4.79 Å². The highest BCUT2D eigenvalue weighted by Gasteiger charge is 2.22. The van der Waals surface area contributed by atoms with Crippen LogP contribution in [0, 0.1) is 11.8 Å². The molecule has 0 aliphatic carbocycles. The Hall–Kier alpha value is -0.570. The minimum atomic E-state index is 0.126. The second-order valence-electron chi connectivity index (χ2n) is 4.31. The zero-order chi connectivity index (χ0) is 9.84. The van der Waals surface area contributed by atoms with Crippen molar-refractivity contribution in [2.24, 2.45) is 11.8 Å². The van der Waals surface area contributed by atoms with Crippen LogP contribution in [-0.4, -0.2) is 37.5 Å². The van der Waals surface area contributed by atoms with Crippen LogP contribution in [0.3, 0.4) is 0 Å². The minimum absolute atomic E-state index is 0.126. The molecule has 1 aliphatic rings. The number of piperidine rings is 1. The molecule has 0 bridgehead atoms. The van der Waals surface area contributed by atoms with E-state index in [0.717, 1.165) is 24.9 Å². The Kier molecular flexibility index (Phi) is 3.72. The second-order valence-corrected chi connectivity index (χ2v) is 4.31. The predicted octanol–water partition coefficient (Wildman–Crippen LogP) is 0.710. The highest BCUT2D eigenvalue weighted by Crippen LogP contribution is 2.20. The first-order chi connectivity index (χ1) is 6.11. The van der Waals surface area contributed by atoms with Gasteiger partial charge in [0.1, 0.15) is 0 Å². The summed E-state index contributed by atoms with van der Waals surface area (Å²) in [5.74, 6) is 1.59. The number of hydrogen-bond acceptors (Lipinski definition) is 2. The van der Waals surface area contributed by atoms with Crippen LogP contribution in [0.1, 0.15) is 20.3 Å². The maximum atomic E-state index is 11.1. The van der Waals surface area contributed by atoms with Crippen LogP contribution in [0.5, 0.6) is 0 Å². The van der Waals surface area contributed by atoms with Crippen molar-refractivity contribution in [3.05, 3.63) is 0 Å². The lowest BCUT2D eigenvalue weighted by atomic mass is 9.92. The van der Waals surface area contributed by atoms with Crippen molar-refractivity contribution in [1.29, 1.82) is 0 Å². The molecule has 0 spiro atoms. The van der Waals surface area contributed by atoms with Crippen molar-refractivity contribution < 1.29 is 4.79 Å². The zero-order valence-corrected chi connectivity index (χ0v) is 8.84. The third-order valence-electron chi connectivity index (χ3n) is 2.59. The van der Waals surface area contributed by atoms with E-state index >= 15 is 0 Å². The average molecular weight is 184 g/mol. The van der Waals surface area contributed by atoms with Gasteiger partial charge in [0.15, 0.2) is 0 Å². The highest BCUT2D eigenvalue weighted by molar-refractivity contribution is 5.77. The highest BCUT2D eigenvalue weighted by atomic mass is 16.1. The molecule has 3 heteroatoms. The molecule has 1 heterocycles. The normalized spacial score (nSPS) is 30.1. The summed E-state index contributed by atoms with van der Waals surface area (Å²) in [5, 5.41) is 2.66. The van der Waals surface area contributed by atoms with Gasteiger partial charge in [-0.2, -0.15) is 0 Å². The summed E-state index contributed by atoms with van der Waals surface area (Å²) in [6.07, 6.45) is 1.30. The van der Waals surface area contributed by atoms with E-state index in [4.69, 9.17) is 0 Å². The van der Waals surface area contributed by atoms with E-state index in [1.54, 1.807) is 7.05 Å². The molecule has 1 rings (SSSR count). The van der Waals surface area contributed by atoms with Crippen LogP contribution in [0.4, 0.5) is 0 Å². The molecule has 1 aliphatic heterocycles. The minimum Gasteiger partial charge on any atom is -0.358 e. The van der Waals surface area contributed by atoms with Gasteiger partial charge in [0.2, 0.25) is 5.91 Å². The molecule has 1 fully saturated rings. The first kappa shape index (κ1) is 10.5. The Balaban J connectivity index is 2.37. The number of carbonyl (C=O) groups is 1. The first-order valence-electron chi connectivity index (χ1n) is 5.04. The molecule has 0 radical (unpaired) electrons. The van der Waals surface area contributed by atoms with Gasteiger partial charge in [-0.3, -0.25) is 9.69 Å². The molecule has 1 saturated heterocycles. The number of nitrogens with zero attached hydrogens (tertiary/aromatic N) is 1. The number of likely N-dealkylation sites (N-methyl/N-ethyl adjacent to an activating group) is 1. The predicted molar refractivity (Wildman–Crippen MR) is 53.5 cm³/mol. The van der Waals surface area contributed by atoms with Gasteiger partial charge in [-0.25, -0.2) is 0 Å². The molecule has 0 saturated carbocycles. The molecule has 0 aromatic heterocycles. The molecule has 2 unspecified atom stereocenters. The largest absolute Gasteiger partial charge is 0.358 e. The van der Waals surface area contributed by atoms with Crippen LogP contribution < -0.4 is 5.32 Å². The lowest BCUT2D eigenvalue weighted by Gasteiger charge is -2.34. The molecule has 76 valence electrons. The fourth-order valence-electron chi connectivity index (χ4n) is 2.20. The zero-order valence-electron chi connectivity index (χ0n) is 8.84. The van der Waals surface area contributed by atoms with Gasteiger partial charge >= 0.3 is 0 Å². The first-order valence-corrected chi connectivity index (χ1v) is 5.04. The lowest BCUT2D eigenvalue weighted by Crippen LogP contribution is -2.43. The summed E-state index contributed by atoms with van der Waals surface area (Å²) in [6.45, 7) is 7.21. The van der Waals surface area contributed by atoms with Gasteiger partial charge in [0.05, 0.1) is 6.54 Å². The summed E-state index contributed by atoms with van der Waals surface area (Å²) in [7, 11) is 1.69. The summed E-state index contributed by atoms with van der Waals surface area (Å²) >= 11 is 0. The van der Waals surface area contributed by atoms with E-state index in [1.807, 2.05) is 0 Å². The van der Waals surface area contributed by atoms with Crippen molar-refractivity contribution in [3.63, 3.8) is 0 Å². The van der Waals surface area contributed by atoms with Gasteiger partial charge < -0.3 is 5.32 Å². The average Bonchev–Trinajstić information content (AvgIpc) is 2.02. The fourth-order valence-corrected chi connectivity index (χ4v) is 2.20. The Morgan fingerprint density at radius 2 is 1.92 bits per heavy atom. The van der Waals surface area contributed by atoms with Crippen LogP contribution in [0.25, 0.3) is 0 Å². The molecule has 1 amide bonds. The molecular weight excluding hydrogens is 164 g/mol. The monoisotopic (exact) mass is 184 g/mol. The van der Waals surface area contributed by atoms with Crippen molar-refractivity contribution in [2.75, 3.05) is 26.7 Å². The van der Waals surface area contributed by atoms with Gasteiger partial charge in [0, 0.05) is 20.1 Å². The Morgan fingerprint density at radius 3 is 2.38 bits per heavy atom. The summed E-state index contributed by atoms with van der Waals surface area (Å²) in [6, 6.07) is 0. The van der Waals surface area contributed by atoms with Crippen molar-refractivity contribution in [1.82, 2.24) is 10.2 Å². The Labute approximate surface area is 80.5 Å². The molecule has 0 aromatic rings. The van der Waals surface area contributed by atoms with Gasteiger partial charge in [-0.05, 0) is 18.3 Å². The van der Waals surface area contributed by atoms with Gasteiger partial charge in [-0.1, -0.05) is 13.8 Å². The summed E-state index contributed by atoms with van der Waals surface area (Å²) < 4.78 is 0. The SMILES string of the molecule is CNC(=O)CN1CC(C)CC(C)C1. The molecule has 0 aromatic carbocycles. The maximum Gasteiger partial charge on any atom is 0.233 e. The van der Waals surface area contributed by atoms with E-state index in [1.165, 1.54) is 6.42 Å². The van der Waals surface area contributed by atoms with E-state index in [9.17, 15) is 4.79 Å². The van der Waals surface area contributed by atoms with Crippen LogP contribution in [0.2, 0.25) is 0 Å². The summed E-state index contributed by atoms with van der Waals surface area (Å²) in [5.41, 5.74) is 0. The number of rotatable bonds is 2. The third kappa shape index (κ3) is 3.35. The fraction of sp³-hybridized carbons (Fsp3) is 0.900. The molecular formula is C10H20N2O. The van der Waals surface area contributed by atoms with E-state index in [0.29, 0.717) is 6.54 Å². The third-order valence-corrected chi connectivity index (χ3v) is 2.59. The smallest absolute Gasteiger partial charge is 0.233 e. The van der Waals surface area contributed by atoms with Crippen molar-refractivity contribution >= 4 is 5.91 Å². The Bertz CT molecular complexity index is 172. The number of nitrogens with one attached hydrogen (secondary N) is 1. The van der Waals surface area contributed by atoms with E-state index in [-0.39, 0.29) is 5.91 Å². The standard InChI is InChI=1S/C10H20N2O/c1-8-4-9(2)6-12(5-8)7-10(13)11-3/h8-9H,4-7H2,1-3H3,(H,11,13). The van der Waals surface area contributed by atoms with Gasteiger partial charge in [0.25, 0.3) is 0 Å².